The summed E-state index contributed by atoms with van der Waals surface area (Å²) in [7, 11) is -3.68. The normalized spacial score (nSPS) is 21.7. The van der Waals surface area contributed by atoms with Gasteiger partial charge in [0.25, 0.3) is 0 Å². The summed E-state index contributed by atoms with van der Waals surface area (Å²) in [5, 5.41) is 12.4. The number of aromatic nitrogens is 1. The van der Waals surface area contributed by atoms with E-state index in [9.17, 15) is 8.42 Å². The van der Waals surface area contributed by atoms with Crippen LogP contribution in [0.5, 0.6) is 0 Å². The molecule has 2 rings (SSSR count). The fourth-order valence-electron chi connectivity index (χ4n) is 1.89. The maximum absolute atomic E-state index is 12.4. The maximum atomic E-state index is 12.4. The highest BCUT2D eigenvalue weighted by atomic mass is 32.2. The summed E-state index contributed by atoms with van der Waals surface area (Å²) in [6.07, 6.45) is -0.728. The van der Waals surface area contributed by atoms with Crippen molar-refractivity contribution in [3.05, 3.63) is 11.5 Å². The molecule has 1 saturated heterocycles. The van der Waals surface area contributed by atoms with Gasteiger partial charge in [0.2, 0.25) is 10.0 Å². The first-order valence-electron chi connectivity index (χ1n) is 5.41. The van der Waals surface area contributed by atoms with Gasteiger partial charge in [-0.3, -0.25) is 0 Å². The molecule has 0 amide bonds. The highest BCUT2D eigenvalue weighted by molar-refractivity contribution is 7.89. The van der Waals surface area contributed by atoms with Crippen LogP contribution in [0.15, 0.2) is 9.42 Å². The zero-order valence-electron chi connectivity index (χ0n) is 10.1. The summed E-state index contributed by atoms with van der Waals surface area (Å²) in [5.74, 6) is 0.257. The molecule has 0 saturated carbocycles. The van der Waals surface area contributed by atoms with Crippen LogP contribution in [-0.2, 0) is 14.8 Å². The number of hydrogen-bond donors (Lipinski definition) is 0. The van der Waals surface area contributed by atoms with Crippen LogP contribution in [0, 0.1) is 25.2 Å². The van der Waals surface area contributed by atoms with E-state index in [1.54, 1.807) is 13.8 Å². The minimum atomic E-state index is -3.68. The standard InChI is InChI=1S/C10H13N3O4S/c1-7-10(8(2)17-12-7)18(14,15)13-3-4-16-9(5-11)6-13/h9H,3-4,6H2,1-2H3. The summed E-state index contributed by atoms with van der Waals surface area (Å²) in [6.45, 7) is 3.59. The lowest BCUT2D eigenvalue weighted by atomic mass is 10.3. The lowest BCUT2D eigenvalue weighted by molar-refractivity contribution is 0.0311. The average Bonchev–Trinajstić information content (AvgIpc) is 2.69. The van der Waals surface area contributed by atoms with E-state index < -0.39 is 16.1 Å². The number of sulfonamides is 1. The first kappa shape index (κ1) is 13.0. The van der Waals surface area contributed by atoms with E-state index in [0.29, 0.717) is 5.69 Å². The van der Waals surface area contributed by atoms with Crippen molar-refractivity contribution in [2.24, 2.45) is 0 Å². The van der Waals surface area contributed by atoms with Gasteiger partial charge in [-0.1, -0.05) is 5.16 Å². The van der Waals surface area contributed by atoms with Crippen LogP contribution in [0.4, 0.5) is 0 Å². The van der Waals surface area contributed by atoms with Crippen LogP contribution in [0.1, 0.15) is 11.5 Å². The second-order valence-corrected chi connectivity index (χ2v) is 5.88. The van der Waals surface area contributed by atoms with E-state index in [1.165, 1.54) is 4.31 Å². The van der Waals surface area contributed by atoms with Gasteiger partial charge in [0.15, 0.2) is 11.9 Å². The van der Waals surface area contributed by atoms with Crippen LogP contribution < -0.4 is 0 Å². The van der Waals surface area contributed by atoms with Crippen molar-refractivity contribution >= 4 is 10.0 Å². The quantitative estimate of drug-likeness (QED) is 0.762. The third-order valence-electron chi connectivity index (χ3n) is 2.74. The zero-order valence-corrected chi connectivity index (χ0v) is 10.9. The Morgan fingerprint density at radius 1 is 1.50 bits per heavy atom. The van der Waals surface area contributed by atoms with Gasteiger partial charge in [0, 0.05) is 6.54 Å². The molecule has 1 fully saturated rings. The average molecular weight is 271 g/mol. The monoisotopic (exact) mass is 271 g/mol. The molecule has 18 heavy (non-hydrogen) atoms. The van der Waals surface area contributed by atoms with E-state index in [1.807, 2.05) is 6.07 Å². The van der Waals surface area contributed by atoms with E-state index in [-0.39, 0.29) is 30.4 Å². The smallest absolute Gasteiger partial charge is 0.248 e. The third kappa shape index (κ3) is 2.12. The molecule has 1 aliphatic heterocycles. The van der Waals surface area contributed by atoms with E-state index in [2.05, 4.69) is 5.16 Å². The SMILES string of the molecule is Cc1noc(C)c1S(=O)(=O)N1CCOC(C#N)C1. The minimum Gasteiger partial charge on any atom is -0.361 e. The molecule has 1 aliphatic rings. The molecule has 0 N–H and O–H groups in total. The molecule has 0 spiro atoms. The van der Waals surface area contributed by atoms with E-state index >= 15 is 0 Å². The van der Waals surface area contributed by atoms with Gasteiger partial charge in [0.05, 0.1) is 19.2 Å². The van der Waals surface area contributed by atoms with E-state index in [4.69, 9.17) is 14.5 Å². The molecule has 1 aromatic heterocycles. The van der Waals surface area contributed by atoms with Crippen LogP contribution in [0.3, 0.4) is 0 Å². The fourth-order valence-corrected chi connectivity index (χ4v) is 3.61. The van der Waals surface area contributed by atoms with Gasteiger partial charge < -0.3 is 9.26 Å². The van der Waals surface area contributed by atoms with Crippen molar-refractivity contribution in [1.82, 2.24) is 9.46 Å². The lowest BCUT2D eigenvalue weighted by Crippen LogP contribution is -2.45. The molecule has 7 nitrogen and oxygen atoms in total. The topological polar surface area (TPSA) is 96.4 Å². The molecule has 0 bridgehead atoms. The Kier molecular flexibility index (Phi) is 3.38. The summed E-state index contributed by atoms with van der Waals surface area (Å²) in [4.78, 5) is 0.0843. The molecular weight excluding hydrogens is 258 g/mol. The van der Waals surface area contributed by atoms with Crippen LogP contribution in [-0.4, -0.2) is 43.7 Å². The number of ether oxygens (including phenoxy) is 1. The van der Waals surface area contributed by atoms with Crippen LogP contribution in [0.2, 0.25) is 0 Å². The molecule has 2 heterocycles. The van der Waals surface area contributed by atoms with Crippen molar-refractivity contribution in [3.8, 4) is 6.07 Å². The Morgan fingerprint density at radius 3 is 2.78 bits per heavy atom. The van der Waals surface area contributed by atoms with Crippen molar-refractivity contribution in [2.45, 2.75) is 24.8 Å². The van der Waals surface area contributed by atoms with Gasteiger partial charge in [-0.15, -0.1) is 0 Å². The number of hydrogen-bond acceptors (Lipinski definition) is 6. The number of morpholine rings is 1. The van der Waals surface area contributed by atoms with Gasteiger partial charge >= 0.3 is 0 Å². The predicted molar refractivity (Wildman–Crippen MR) is 60.1 cm³/mol. The highest BCUT2D eigenvalue weighted by Gasteiger charge is 2.34. The minimum absolute atomic E-state index is 0.0306. The maximum Gasteiger partial charge on any atom is 0.248 e. The second kappa shape index (κ2) is 4.68. The highest BCUT2D eigenvalue weighted by Crippen LogP contribution is 2.24. The number of nitriles is 1. The van der Waals surface area contributed by atoms with E-state index in [0.717, 1.165) is 0 Å². The number of rotatable bonds is 2. The third-order valence-corrected chi connectivity index (χ3v) is 4.85. The summed E-state index contributed by atoms with van der Waals surface area (Å²) in [6, 6.07) is 1.91. The summed E-state index contributed by atoms with van der Waals surface area (Å²) in [5.41, 5.74) is 0.326. The van der Waals surface area contributed by atoms with Gasteiger partial charge in [-0.25, -0.2) is 8.42 Å². The Morgan fingerprint density at radius 2 is 2.22 bits per heavy atom. The molecule has 0 aliphatic carbocycles. The van der Waals surface area contributed by atoms with Crippen molar-refractivity contribution < 1.29 is 17.7 Å². The van der Waals surface area contributed by atoms with Gasteiger partial charge in [-0.2, -0.15) is 9.57 Å². The summed E-state index contributed by atoms with van der Waals surface area (Å²) < 4.78 is 36.1. The zero-order chi connectivity index (χ0) is 13.3. The second-order valence-electron chi connectivity index (χ2n) is 4.00. The lowest BCUT2D eigenvalue weighted by Gasteiger charge is -2.28. The number of aryl methyl sites for hydroxylation is 2. The van der Waals surface area contributed by atoms with Gasteiger partial charge in [0.1, 0.15) is 10.6 Å². The molecule has 0 radical (unpaired) electrons. The van der Waals surface area contributed by atoms with Crippen LogP contribution >= 0.6 is 0 Å². The Hall–Kier alpha value is -1.43. The van der Waals surface area contributed by atoms with Crippen molar-refractivity contribution in [2.75, 3.05) is 19.7 Å². The Labute approximate surface area is 105 Å². The number of nitrogens with zero attached hydrogens (tertiary/aromatic N) is 3. The van der Waals surface area contributed by atoms with Gasteiger partial charge in [-0.05, 0) is 13.8 Å². The Balaban J connectivity index is 2.35. The van der Waals surface area contributed by atoms with Crippen LogP contribution in [0.25, 0.3) is 0 Å². The van der Waals surface area contributed by atoms with Crippen molar-refractivity contribution in [3.63, 3.8) is 0 Å². The Bertz CT molecular complexity index is 567. The first-order valence-corrected chi connectivity index (χ1v) is 6.85. The molecule has 1 atom stereocenters. The first-order chi connectivity index (χ1) is 8.46. The fraction of sp³-hybridized carbons (Fsp3) is 0.600. The molecule has 1 aromatic rings. The molecule has 0 aromatic carbocycles. The predicted octanol–water partition coefficient (Wildman–Crippen LogP) is 0.205. The van der Waals surface area contributed by atoms with Crippen molar-refractivity contribution in [1.29, 1.82) is 5.26 Å². The molecular formula is C10H13N3O4S. The largest absolute Gasteiger partial charge is 0.361 e. The molecule has 1 unspecified atom stereocenters. The molecule has 98 valence electrons. The summed E-state index contributed by atoms with van der Waals surface area (Å²) >= 11 is 0. The molecule has 8 heteroatoms.